The number of carboxylic acid groups (broad SMARTS) is 1. The normalized spacial score (nSPS) is 11.3. The summed E-state index contributed by atoms with van der Waals surface area (Å²) in [7, 11) is 0. The van der Waals surface area contributed by atoms with Gasteiger partial charge in [0, 0.05) is 11.6 Å². The van der Waals surface area contributed by atoms with E-state index in [1.807, 2.05) is 6.92 Å². The smallest absolute Gasteiger partial charge is 0.328 e. The number of rotatable bonds is 4. The highest BCUT2D eigenvalue weighted by Gasteiger charge is 2.03. The van der Waals surface area contributed by atoms with Crippen LogP contribution in [0.2, 0.25) is 0 Å². The van der Waals surface area contributed by atoms with Gasteiger partial charge >= 0.3 is 5.97 Å². The Morgan fingerprint density at radius 2 is 2.00 bits per heavy atom. The van der Waals surface area contributed by atoms with Crippen molar-refractivity contribution in [3.63, 3.8) is 0 Å². The summed E-state index contributed by atoms with van der Waals surface area (Å²) in [5, 5.41) is 8.33. The Labute approximate surface area is 65.7 Å². The van der Waals surface area contributed by atoms with Crippen LogP contribution in [-0.4, -0.2) is 16.9 Å². The fraction of sp³-hybridized carbons (Fsp3) is 0.500. The summed E-state index contributed by atoms with van der Waals surface area (Å²) in [6.07, 6.45) is 2.31. The number of Topliss-reactive ketones (excluding diaryl/α,β-unsaturated/α-hetero) is 1. The quantitative estimate of drug-likeness (QED) is 0.626. The number of hydrogen-bond acceptors (Lipinski definition) is 2. The fourth-order valence-corrected chi connectivity index (χ4v) is 0.768. The van der Waals surface area contributed by atoms with Gasteiger partial charge < -0.3 is 5.11 Å². The van der Waals surface area contributed by atoms with Gasteiger partial charge in [0.05, 0.1) is 0 Å². The standard InChI is InChI=1S/C8H12O3/c1-3-4-7(6(2)9)5-8(10)11/h5H,3-4H2,1-2H3,(H,10,11). The second-order valence-corrected chi connectivity index (χ2v) is 2.31. The van der Waals surface area contributed by atoms with Crippen LogP contribution in [0.25, 0.3) is 0 Å². The number of aliphatic carboxylic acids is 1. The molecule has 0 atom stereocenters. The van der Waals surface area contributed by atoms with Gasteiger partial charge in [-0.1, -0.05) is 13.3 Å². The van der Waals surface area contributed by atoms with Crippen LogP contribution in [0, 0.1) is 0 Å². The molecule has 62 valence electrons. The van der Waals surface area contributed by atoms with Crippen LogP contribution in [0.3, 0.4) is 0 Å². The Balaban J connectivity index is 4.32. The zero-order valence-corrected chi connectivity index (χ0v) is 6.76. The highest BCUT2D eigenvalue weighted by molar-refractivity contribution is 5.98. The molecule has 11 heavy (non-hydrogen) atoms. The first kappa shape index (κ1) is 9.88. The lowest BCUT2D eigenvalue weighted by Gasteiger charge is -1.97. The molecule has 0 aromatic heterocycles. The summed E-state index contributed by atoms with van der Waals surface area (Å²) in [5.41, 5.74) is 0.389. The summed E-state index contributed by atoms with van der Waals surface area (Å²) < 4.78 is 0. The molecule has 0 fully saturated rings. The molecular weight excluding hydrogens is 144 g/mol. The van der Waals surface area contributed by atoms with Crippen LogP contribution >= 0.6 is 0 Å². The average molecular weight is 156 g/mol. The monoisotopic (exact) mass is 156 g/mol. The molecule has 3 nitrogen and oxygen atoms in total. The Kier molecular flexibility index (Phi) is 4.18. The minimum atomic E-state index is -1.05. The maximum atomic E-state index is 10.7. The third kappa shape index (κ3) is 4.31. The zero-order chi connectivity index (χ0) is 8.85. The zero-order valence-electron chi connectivity index (χ0n) is 6.76. The third-order valence-corrected chi connectivity index (χ3v) is 1.27. The Hall–Kier alpha value is -1.12. The van der Waals surface area contributed by atoms with Gasteiger partial charge in [-0.15, -0.1) is 0 Å². The van der Waals surface area contributed by atoms with Crippen molar-refractivity contribution in [1.29, 1.82) is 0 Å². The lowest BCUT2D eigenvalue weighted by molar-refractivity contribution is -0.131. The molecule has 0 radical (unpaired) electrons. The second-order valence-electron chi connectivity index (χ2n) is 2.31. The maximum Gasteiger partial charge on any atom is 0.328 e. The van der Waals surface area contributed by atoms with E-state index in [1.165, 1.54) is 6.92 Å². The molecular formula is C8H12O3. The van der Waals surface area contributed by atoms with E-state index in [0.29, 0.717) is 12.0 Å². The van der Waals surface area contributed by atoms with Crippen molar-refractivity contribution in [3.8, 4) is 0 Å². The second kappa shape index (κ2) is 4.66. The highest BCUT2D eigenvalue weighted by Crippen LogP contribution is 2.05. The maximum absolute atomic E-state index is 10.7. The van der Waals surface area contributed by atoms with Crippen LogP contribution in [0.4, 0.5) is 0 Å². The lowest BCUT2D eigenvalue weighted by atomic mass is 10.1. The van der Waals surface area contributed by atoms with Gasteiger partial charge in [0.1, 0.15) is 0 Å². The van der Waals surface area contributed by atoms with Crippen molar-refractivity contribution in [3.05, 3.63) is 11.6 Å². The lowest BCUT2D eigenvalue weighted by Crippen LogP contribution is -2.00. The van der Waals surface area contributed by atoms with E-state index in [-0.39, 0.29) is 5.78 Å². The molecule has 0 aliphatic carbocycles. The van der Waals surface area contributed by atoms with Gasteiger partial charge in [0.25, 0.3) is 0 Å². The average Bonchev–Trinajstić information content (AvgIpc) is 1.86. The molecule has 0 heterocycles. The van der Waals surface area contributed by atoms with Crippen molar-refractivity contribution >= 4 is 11.8 Å². The predicted molar refractivity (Wildman–Crippen MR) is 41.3 cm³/mol. The molecule has 0 spiro atoms. The molecule has 0 unspecified atom stereocenters. The van der Waals surface area contributed by atoms with Gasteiger partial charge in [-0.05, 0) is 13.3 Å². The minimum absolute atomic E-state index is 0.158. The van der Waals surface area contributed by atoms with Crippen LogP contribution in [0.1, 0.15) is 26.7 Å². The predicted octanol–water partition coefficient (Wildman–Crippen LogP) is 1.39. The third-order valence-electron chi connectivity index (χ3n) is 1.27. The van der Waals surface area contributed by atoms with E-state index < -0.39 is 5.97 Å². The van der Waals surface area contributed by atoms with E-state index in [9.17, 15) is 9.59 Å². The summed E-state index contributed by atoms with van der Waals surface area (Å²) in [6.45, 7) is 3.28. The molecule has 3 heteroatoms. The van der Waals surface area contributed by atoms with Gasteiger partial charge in [-0.2, -0.15) is 0 Å². The molecule has 0 bridgehead atoms. The number of carboxylic acids is 1. The van der Waals surface area contributed by atoms with E-state index in [1.54, 1.807) is 0 Å². The first-order valence-corrected chi connectivity index (χ1v) is 3.52. The van der Waals surface area contributed by atoms with Crippen LogP contribution in [0.5, 0.6) is 0 Å². The van der Waals surface area contributed by atoms with Crippen LogP contribution in [-0.2, 0) is 9.59 Å². The molecule has 1 N–H and O–H groups in total. The van der Waals surface area contributed by atoms with Gasteiger partial charge in [-0.25, -0.2) is 4.79 Å². The van der Waals surface area contributed by atoms with Crippen LogP contribution in [0.15, 0.2) is 11.6 Å². The van der Waals surface area contributed by atoms with E-state index in [2.05, 4.69) is 0 Å². The van der Waals surface area contributed by atoms with Gasteiger partial charge in [0.2, 0.25) is 0 Å². The minimum Gasteiger partial charge on any atom is -0.478 e. The van der Waals surface area contributed by atoms with Gasteiger partial charge in [-0.3, -0.25) is 4.79 Å². The van der Waals surface area contributed by atoms with E-state index >= 15 is 0 Å². The first-order chi connectivity index (χ1) is 5.07. The molecule has 0 aliphatic heterocycles. The molecule has 0 aromatic rings. The summed E-state index contributed by atoms with van der Waals surface area (Å²) in [6, 6.07) is 0. The Morgan fingerprint density at radius 1 is 1.45 bits per heavy atom. The molecule has 0 aromatic carbocycles. The fourth-order valence-electron chi connectivity index (χ4n) is 0.768. The number of hydrogen-bond donors (Lipinski definition) is 1. The largest absolute Gasteiger partial charge is 0.478 e. The molecule has 0 amide bonds. The van der Waals surface area contributed by atoms with Crippen molar-refractivity contribution in [1.82, 2.24) is 0 Å². The van der Waals surface area contributed by atoms with Crippen molar-refractivity contribution in [2.75, 3.05) is 0 Å². The number of carbonyl (C=O) groups is 2. The number of carbonyl (C=O) groups excluding carboxylic acids is 1. The summed E-state index contributed by atoms with van der Waals surface area (Å²) in [4.78, 5) is 20.9. The SMILES string of the molecule is CCCC(=CC(=O)O)C(C)=O. The number of ketones is 1. The molecule has 0 saturated carbocycles. The van der Waals surface area contributed by atoms with Crippen LogP contribution < -0.4 is 0 Å². The Bertz CT molecular complexity index is 192. The topological polar surface area (TPSA) is 54.4 Å². The summed E-state index contributed by atoms with van der Waals surface area (Å²) >= 11 is 0. The van der Waals surface area contributed by atoms with E-state index in [4.69, 9.17) is 5.11 Å². The van der Waals surface area contributed by atoms with Crippen molar-refractivity contribution < 1.29 is 14.7 Å². The first-order valence-electron chi connectivity index (χ1n) is 3.52. The molecule has 0 saturated heterocycles. The highest BCUT2D eigenvalue weighted by atomic mass is 16.4. The Morgan fingerprint density at radius 3 is 2.27 bits per heavy atom. The summed E-state index contributed by atoms with van der Waals surface area (Å²) in [5.74, 6) is -1.21. The van der Waals surface area contributed by atoms with E-state index in [0.717, 1.165) is 12.5 Å². The van der Waals surface area contributed by atoms with Gasteiger partial charge in [0.15, 0.2) is 5.78 Å². The van der Waals surface area contributed by atoms with Crippen molar-refractivity contribution in [2.45, 2.75) is 26.7 Å². The molecule has 0 rings (SSSR count). The van der Waals surface area contributed by atoms with Crippen molar-refractivity contribution in [2.24, 2.45) is 0 Å². The molecule has 0 aliphatic rings. The number of allylic oxidation sites excluding steroid dienone is 1.